The maximum atomic E-state index is 12.0. The van der Waals surface area contributed by atoms with Crippen molar-refractivity contribution in [3.8, 4) is 11.5 Å². The summed E-state index contributed by atoms with van der Waals surface area (Å²) in [5.74, 6) is 1.41. The first-order valence-electron chi connectivity index (χ1n) is 41.7. The van der Waals surface area contributed by atoms with Gasteiger partial charge in [-0.15, -0.1) is 0 Å². The maximum absolute atomic E-state index is 12.0. The van der Waals surface area contributed by atoms with E-state index in [4.69, 9.17) is 66.3 Å². The summed E-state index contributed by atoms with van der Waals surface area (Å²) < 4.78 is 93.7. The molecular formula is C100H118O16. The van der Waals surface area contributed by atoms with E-state index in [0.29, 0.717) is 102 Å². The molecule has 614 valence electrons. The predicted molar refractivity (Wildman–Crippen MR) is 450 cm³/mol. The van der Waals surface area contributed by atoms with Gasteiger partial charge in [-0.1, -0.05) is 318 Å². The standard InChI is InChI=1S/C100H118O16/c1-99(101,85-55-59-87(60-56-85)105-63-35-7-3-5-9-37-65-107-97-95(113-73-83-51-31-17-32-52-83)93(111-71-81-47-27-15-28-48-81)91(109-69-79-43-23-13-24-44-79)89(115-97)75-103-67-77-39-19-11-20-40-77)100(2,102)86-57-61-88(62-58-86)106-64-36-8-4-6-10-38-66-108-98-96(114-74-84-53-33-18-34-54-84)94(112-72-82-49-29-16-30-50-82)92(110-70-80-45-25-14-26-46-80)90(116-98)76-104-68-78-41-21-12-22-42-78/h11-34,39-62,89-98,101-102H,3-10,35-38,63-76H2,1-2H3/t89-,90-,91-,92-,93+,94+,95-,96-,97-,98-,99?,100?/m1/s1. The Balaban J connectivity index is 0.559. The van der Waals surface area contributed by atoms with E-state index in [1.54, 1.807) is 13.8 Å². The topological polar surface area (TPSA) is 170 Å². The van der Waals surface area contributed by atoms with Crippen LogP contribution in [0.1, 0.15) is 147 Å². The van der Waals surface area contributed by atoms with E-state index < -0.39 is 72.6 Å². The molecule has 0 aliphatic carbocycles. The molecule has 2 unspecified atom stereocenters. The lowest BCUT2D eigenvalue weighted by molar-refractivity contribution is -0.328. The van der Waals surface area contributed by atoms with Gasteiger partial charge in [0.2, 0.25) is 0 Å². The van der Waals surface area contributed by atoms with Crippen LogP contribution in [0.5, 0.6) is 11.5 Å². The molecule has 2 saturated heterocycles. The second kappa shape index (κ2) is 47.6. The van der Waals surface area contributed by atoms with Gasteiger partial charge < -0.3 is 76.5 Å². The first-order valence-corrected chi connectivity index (χ1v) is 41.7. The molecule has 0 bridgehead atoms. The number of hydrogen-bond acceptors (Lipinski definition) is 16. The Labute approximate surface area is 687 Å². The van der Waals surface area contributed by atoms with E-state index in [9.17, 15) is 10.2 Å². The highest BCUT2D eigenvalue weighted by Gasteiger charge is 2.51. The van der Waals surface area contributed by atoms with Crippen LogP contribution in [0.4, 0.5) is 0 Å². The lowest BCUT2D eigenvalue weighted by atomic mass is 9.76. The molecule has 2 fully saturated rings. The molecule has 16 heteroatoms. The van der Waals surface area contributed by atoms with Crippen molar-refractivity contribution in [2.45, 2.75) is 216 Å². The molecule has 0 spiro atoms. The molecule has 0 saturated carbocycles. The number of hydrogen-bond donors (Lipinski definition) is 2. The average molecular weight is 1580 g/mol. The van der Waals surface area contributed by atoms with Crippen molar-refractivity contribution in [1.29, 1.82) is 0 Å². The van der Waals surface area contributed by atoms with Crippen LogP contribution in [0.3, 0.4) is 0 Å². The van der Waals surface area contributed by atoms with Crippen LogP contribution in [-0.2, 0) is 121 Å². The summed E-state index contributed by atoms with van der Waals surface area (Å²) in [5.41, 5.74) is 6.25. The molecule has 0 aromatic heterocycles. The van der Waals surface area contributed by atoms with Gasteiger partial charge in [-0.05, 0) is 119 Å². The lowest BCUT2D eigenvalue weighted by Crippen LogP contribution is -2.61. The molecule has 0 radical (unpaired) electrons. The van der Waals surface area contributed by atoms with Gasteiger partial charge in [0.05, 0.1) is 79.3 Å². The molecule has 2 N–H and O–H groups in total. The van der Waals surface area contributed by atoms with E-state index in [-0.39, 0.29) is 13.2 Å². The normalized spacial score (nSPS) is 20.5. The van der Waals surface area contributed by atoms with Crippen LogP contribution < -0.4 is 9.47 Å². The number of unbranched alkanes of at least 4 members (excludes halogenated alkanes) is 10. The summed E-state index contributed by atoms with van der Waals surface area (Å²) in [4.78, 5) is 0. The van der Waals surface area contributed by atoms with Crippen molar-refractivity contribution in [3.05, 3.63) is 347 Å². The van der Waals surface area contributed by atoms with Gasteiger partial charge in [-0.3, -0.25) is 0 Å². The minimum Gasteiger partial charge on any atom is -0.494 e. The Morgan fingerprint density at radius 3 is 0.733 bits per heavy atom. The summed E-state index contributed by atoms with van der Waals surface area (Å²) in [6.07, 6.45) is 5.66. The van der Waals surface area contributed by atoms with Gasteiger partial charge in [-0.2, -0.15) is 0 Å². The van der Waals surface area contributed by atoms with Crippen LogP contribution in [0.25, 0.3) is 0 Å². The first-order chi connectivity index (χ1) is 57.1. The zero-order chi connectivity index (χ0) is 79.9. The summed E-state index contributed by atoms with van der Waals surface area (Å²) in [6, 6.07) is 96.0. The monoisotopic (exact) mass is 1570 g/mol. The third-order valence-electron chi connectivity index (χ3n) is 21.6. The number of aliphatic hydroxyl groups is 2. The molecule has 12 atom stereocenters. The molecule has 2 aliphatic heterocycles. The van der Waals surface area contributed by atoms with Crippen molar-refractivity contribution in [1.82, 2.24) is 0 Å². The van der Waals surface area contributed by atoms with E-state index in [1.165, 1.54) is 0 Å². The number of rotatable bonds is 51. The molecule has 2 aliphatic rings. The SMILES string of the molecule is CC(O)(c1ccc(OCCCCCCCCO[C@@H]2O[C@H](COCc3ccccc3)[C@@H](OCc3ccccc3)[C@H](OCc3ccccc3)[C@H]2OCc2ccccc2)cc1)C(C)(O)c1ccc(OCCCCCCCCO[C@@H]2O[C@H](COCc3ccccc3)[C@@H](OCc3ccccc3)[C@H](OCc3ccccc3)[C@H]2OCc2ccccc2)cc1. The van der Waals surface area contributed by atoms with E-state index in [0.717, 1.165) is 122 Å². The fraction of sp³-hybridized carbons (Fsp3) is 0.400. The Morgan fingerprint density at radius 2 is 0.466 bits per heavy atom. The van der Waals surface area contributed by atoms with Gasteiger partial charge in [0.1, 0.15) is 71.5 Å². The van der Waals surface area contributed by atoms with Crippen LogP contribution in [0.2, 0.25) is 0 Å². The molecule has 116 heavy (non-hydrogen) atoms. The minimum atomic E-state index is -1.63. The largest absolute Gasteiger partial charge is 0.494 e. The third kappa shape index (κ3) is 27.4. The Morgan fingerprint density at radius 1 is 0.241 bits per heavy atom. The highest BCUT2D eigenvalue weighted by Crippen LogP contribution is 2.42. The van der Waals surface area contributed by atoms with Crippen LogP contribution in [0.15, 0.2) is 291 Å². The molecule has 10 aromatic rings. The quantitative estimate of drug-likeness (QED) is 0.0345. The molecule has 12 rings (SSSR count). The van der Waals surface area contributed by atoms with Gasteiger partial charge in [0.25, 0.3) is 0 Å². The lowest BCUT2D eigenvalue weighted by Gasteiger charge is -2.46. The van der Waals surface area contributed by atoms with Gasteiger partial charge in [0.15, 0.2) is 12.6 Å². The molecule has 16 nitrogen and oxygen atoms in total. The van der Waals surface area contributed by atoms with Crippen LogP contribution in [-0.4, -0.2) is 111 Å². The van der Waals surface area contributed by atoms with Gasteiger partial charge in [-0.25, -0.2) is 0 Å². The summed E-state index contributed by atoms with van der Waals surface area (Å²) in [6.45, 7) is 8.83. The summed E-state index contributed by atoms with van der Waals surface area (Å²) in [7, 11) is 0. The van der Waals surface area contributed by atoms with Crippen molar-refractivity contribution >= 4 is 0 Å². The van der Waals surface area contributed by atoms with Crippen molar-refractivity contribution < 1.29 is 76.5 Å². The third-order valence-corrected chi connectivity index (χ3v) is 21.6. The number of ether oxygens (including phenoxy) is 14. The number of benzene rings is 10. The molecule has 0 amide bonds. The summed E-state index contributed by atoms with van der Waals surface area (Å²) in [5, 5.41) is 24.1. The Hall–Kier alpha value is -8.76. The van der Waals surface area contributed by atoms with Crippen molar-refractivity contribution in [2.75, 3.05) is 39.6 Å². The Kier molecular flexibility index (Phi) is 35.5. The zero-order valence-corrected chi connectivity index (χ0v) is 67.5. The summed E-state index contributed by atoms with van der Waals surface area (Å²) >= 11 is 0. The van der Waals surface area contributed by atoms with E-state index >= 15 is 0 Å². The van der Waals surface area contributed by atoms with Crippen LogP contribution >= 0.6 is 0 Å². The highest BCUT2D eigenvalue weighted by atomic mass is 16.7. The zero-order valence-electron chi connectivity index (χ0n) is 67.5. The maximum Gasteiger partial charge on any atom is 0.186 e. The molecule has 2 heterocycles. The molecule has 10 aromatic carbocycles. The Bertz CT molecular complexity index is 3950. The van der Waals surface area contributed by atoms with Gasteiger partial charge >= 0.3 is 0 Å². The smallest absolute Gasteiger partial charge is 0.186 e. The van der Waals surface area contributed by atoms with Crippen LogP contribution in [0, 0.1) is 0 Å². The highest BCUT2D eigenvalue weighted by molar-refractivity contribution is 5.38. The van der Waals surface area contributed by atoms with E-state index in [1.807, 2.05) is 194 Å². The predicted octanol–water partition coefficient (Wildman–Crippen LogP) is 19.7. The van der Waals surface area contributed by atoms with E-state index in [2.05, 4.69) is 97.1 Å². The second-order valence-corrected chi connectivity index (χ2v) is 30.5. The average Bonchev–Trinajstić information content (AvgIpc) is 0.765. The minimum absolute atomic E-state index is 0.261. The fourth-order valence-electron chi connectivity index (χ4n) is 14.7. The van der Waals surface area contributed by atoms with Crippen molar-refractivity contribution in [3.63, 3.8) is 0 Å². The molecular weight excluding hydrogens is 1460 g/mol. The van der Waals surface area contributed by atoms with Crippen molar-refractivity contribution in [2.24, 2.45) is 0 Å². The second-order valence-electron chi connectivity index (χ2n) is 30.5. The van der Waals surface area contributed by atoms with Gasteiger partial charge in [0, 0.05) is 13.2 Å². The first kappa shape index (κ1) is 86.6. The fourth-order valence-corrected chi connectivity index (χ4v) is 14.7.